The molecular weight excluding hydrogens is 330 g/mol. The molecule has 1 N–H and O–H groups in total. The van der Waals surface area contributed by atoms with E-state index in [1.165, 1.54) is 0 Å². The van der Waals surface area contributed by atoms with Crippen molar-refractivity contribution in [3.63, 3.8) is 0 Å². The summed E-state index contributed by atoms with van der Waals surface area (Å²) in [5.74, 6) is -1.70. The number of aryl methyl sites for hydroxylation is 2. The molecule has 0 saturated carbocycles. The van der Waals surface area contributed by atoms with Gasteiger partial charge in [0.1, 0.15) is 6.54 Å². The number of likely N-dealkylation sites (tertiary alicyclic amines) is 1. The number of amides is 1. The van der Waals surface area contributed by atoms with Gasteiger partial charge in [-0.3, -0.25) is 14.3 Å². The van der Waals surface area contributed by atoms with E-state index >= 15 is 0 Å². The maximum atomic E-state index is 12.8. The number of hydrogen-bond acceptors (Lipinski definition) is 3. The largest absolute Gasteiger partial charge is 0.481 e. The monoisotopic (exact) mass is 355 g/mol. The summed E-state index contributed by atoms with van der Waals surface area (Å²) in [4.78, 5) is 26.2. The van der Waals surface area contributed by atoms with Gasteiger partial charge in [-0.25, -0.2) is 0 Å². The number of aromatic nitrogens is 2. The van der Waals surface area contributed by atoms with E-state index in [2.05, 4.69) is 5.10 Å². The predicted molar refractivity (Wildman–Crippen MR) is 98.1 cm³/mol. The van der Waals surface area contributed by atoms with E-state index in [1.54, 1.807) is 9.58 Å². The minimum absolute atomic E-state index is 0.0852. The number of nitrogens with zero attached hydrogens (tertiary/aromatic N) is 3. The molecule has 1 aliphatic rings. The summed E-state index contributed by atoms with van der Waals surface area (Å²) in [6.45, 7) is 8.66. The Morgan fingerprint density at radius 3 is 2.42 bits per heavy atom. The third-order valence-electron chi connectivity index (χ3n) is 5.61. The lowest BCUT2D eigenvalue weighted by Crippen LogP contribution is -2.33. The third-order valence-corrected chi connectivity index (χ3v) is 5.61. The van der Waals surface area contributed by atoms with Gasteiger partial charge >= 0.3 is 5.97 Å². The number of hydrogen-bond donors (Lipinski definition) is 1. The van der Waals surface area contributed by atoms with Crippen LogP contribution in [0.4, 0.5) is 0 Å². The molecule has 6 heteroatoms. The van der Waals surface area contributed by atoms with Gasteiger partial charge in [-0.2, -0.15) is 5.10 Å². The summed E-state index contributed by atoms with van der Waals surface area (Å²) in [5.41, 5.74) is 5.04. The molecule has 2 aromatic rings. The Bertz CT molecular complexity index is 856. The smallest absolute Gasteiger partial charge is 0.308 e. The van der Waals surface area contributed by atoms with E-state index in [1.807, 2.05) is 52.0 Å². The average molecular weight is 355 g/mol. The molecule has 0 radical (unpaired) electrons. The number of carbonyl (C=O) groups excluding carboxylic acids is 1. The van der Waals surface area contributed by atoms with Crippen LogP contribution in [0.1, 0.15) is 34.0 Å². The Labute approximate surface area is 153 Å². The first kappa shape index (κ1) is 18.2. The van der Waals surface area contributed by atoms with Gasteiger partial charge < -0.3 is 10.0 Å². The zero-order valence-corrected chi connectivity index (χ0v) is 15.7. The van der Waals surface area contributed by atoms with Crippen molar-refractivity contribution in [1.82, 2.24) is 14.7 Å². The van der Waals surface area contributed by atoms with Crippen LogP contribution in [0, 0.1) is 33.6 Å². The molecule has 1 amide bonds. The first-order chi connectivity index (χ1) is 12.3. The zero-order chi connectivity index (χ0) is 19.0. The summed E-state index contributed by atoms with van der Waals surface area (Å²) >= 11 is 0. The lowest BCUT2D eigenvalue weighted by atomic mass is 9.86. The molecule has 1 aromatic carbocycles. The molecule has 138 valence electrons. The van der Waals surface area contributed by atoms with Gasteiger partial charge in [0.15, 0.2) is 0 Å². The fraction of sp³-hybridized carbons (Fsp3) is 0.450. The summed E-state index contributed by atoms with van der Waals surface area (Å²) in [6.07, 6.45) is 0. The van der Waals surface area contributed by atoms with Crippen molar-refractivity contribution >= 4 is 11.9 Å². The molecule has 1 saturated heterocycles. The van der Waals surface area contributed by atoms with Crippen LogP contribution in [-0.2, 0) is 16.1 Å². The fourth-order valence-corrected chi connectivity index (χ4v) is 3.74. The van der Waals surface area contributed by atoms with Gasteiger partial charge in [-0.1, -0.05) is 24.3 Å². The van der Waals surface area contributed by atoms with Gasteiger partial charge in [0.2, 0.25) is 5.91 Å². The van der Waals surface area contributed by atoms with Gasteiger partial charge in [-0.05, 0) is 44.4 Å². The molecular formula is C20H25N3O3. The lowest BCUT2D eigenvalue weighted by molar-refractivity contribution is -0.141. The second kappa shape index (κ2) is 6.94. The summed E-state index contributed by atoms with van der Waals surface area (Å²) in [7, 11) is 0. The van der Waals surface area contributed by atoms with Crippen LogP contribution in [-0.4, -0.2) is 44.8 Å². The molecule has 3 rings (SSSR count). The van der Waals surface area contributed by atoms with Gasteiger partial charge in [0, 0.05) is 24.7 Å². The van der Waals surface area contributed by atoms with Gasteiger partial charge in [-0.15, -0.1) is 0 Å². The summed E-state index contributed by atoms with van der Waals surface area (Å²) in [6, 6.07) is 7.81. The second-order valence-corrected chi connectivity index (χ2v) is 7.16. The van der Waals surface area contributed by atoms with E-state index in [-0.39, 0.29) is 24.9 Å². The molecule has 6 nitrogen and oxygen atoms in total. The first-order valence-electron chi connectivity index (χ1n) is 8.86. The SMILES string of the molecule is Cc1ccccc1[C@@H]1CN(C(=O)Cn2nc(C)c(C)c2C)C[C@H]1C(=O)O. The van der Waals surface area contributed by atoms with Crippen LogP contribution in [0.3, 0.4) is 0 Å². The number of carbonyl (C=O) groups is 2. The Balaban J connectivity index is 1.81. The maximum Gasteiger partial charge on any atom is 0.308 e. The molecule has 1 aromatic heterocycles. The number of carboxylic acids is 1. The van der Waals surface area contributed by atoms with E-state index < -0.39 is 11.9 Å². The molecule has 0 bridgehead atoms. The Morgan fingerprint density at radius 1 is 1.15 bits per heavy atom. The van der Waals surface area contributed by atoms with E-state index in [4.69, 9.17) is 0 Å². The van der Waals surface area contributed by atoms with Crippen LogP contribution in [0.2, 0.25) is 0 Å². The number of carboxylic acid groups (broad SMARTS) is 1. The van der Waals surface area contributed by atoms with Crippen LogP contribution < -0.4 is 0 Å². The van der Waals surface area contributed by atoms with Crippen molar-refractivity contribution < 1.29 is 14.7 Å². The minimum Gasteiger partial charge on any atom is -0.481 e. The van der Waals surface area contributed by atoms with Crippen molar-refractivity contribution in [3.05, 3.63) is 52.3 Å². The maximum absolute atomic E-state index is 12.8. The zero-order valence-electron chi connectivity index (χ0n) is 15.7. The highest BCUT2D eigenvalue weighted by molar-refractivity contribution is 5.79. The highest BCUT2D eigenvalue weighted by Crippen LogP contribution is 2.34. The summed E-state index contributed by atoms with van der Waals surface area (Å²) < 4.78 is 1.71. The molecule has 1 aliphatic heterocycles. The fourth-order valence-electron chi connectivity index (χ4n) is 3.74. The van der Waals surface area contributed by atoms with Crippen molar-refractivity contribution in [2.75, 3.05) is 13.1 Å². The average Bonchev–Trinajstić information content (AvgIpc) is 3.14. The van der Waals surface area contributed by atoms with E-state index in [0.717, 1.165) is 28.1 Å². The van der Waals surface area contributed by atoms with Crippen molar-refractivity contribution in [2.24, 2.45) is 5.92 Å². The molecule has 2 heterocycles. The topological polar surface area (TPSA) is 75.4 Å². The van der Waals surface area contributed by atoms with Crippen molar-refractivity contribution in [2.45, 2.75) is 40.2 Å². The molecule has 0 unspecified atom stereocenters. The molecule has 0 aliphatic carbocycles. The van der Waals surface area contributed by atoms with Gasteiger partial charge in [0.05, 0.1) is 11.6 Å². The van der Waals surface area contributed by atoms with Crippen LogP contribution in [0.25, 0.3) is 0 Å². The predicted octanol–water partition coefficient (Wildman–Crippen LogP) is 2.44. The molecule has 0 spiro atoms. The highest BCUT2D eigenvalue weighted by atomic mass is 16.4. The van der Waals surface area contributed by atoms with E-state index in [9.17, 15) is 14.7 Å². The number of benzene rings is 1. The van der Waals surface area contributed by atoms with Crippen LogP contribution in [0.5, 0.6) is 0 Å². The van der Waals surface area contributed by atoms with E-state index in [0.29, 0.717) is 6.54 Å². The summed E-state index contributed by atoms with van der Waals surface area (Å²) in [5, 5.41) is 14.1. The standard InChI is InChI=1S/C20H25N3O3/c1-12-7-5-6-8-16(12)17-9-22(10-18(17)20(25)26)19(24)11-23-15(4)13(2)14(3)21-23/h5-8,17-18H,9-11H2,1-4H3,(H,25,26)/t17-,18+/m0/s1. The van der Waals surface area contributed by atoms with Crippen molar-refractivity contribution in [1.29, 1.82) is 0 Å². The lowest BCUT2D eigenvalue weighted by Gasteiger charge is -2.18. The quantitative estimate of drug-likeness (QED) is 0.914. The number of rotatable bonds is 4. The highest BCUT2D eigenvalue weighted by Gasteiger charge is 2.41. The van der Waals surface area contributed by atoms with Crippen molar-refractivity contribution in [3.8, 4) is 0 Å². The number of aliphatic carboxylic acids is 1. The molecule has 1 fully saturated rings. The first-order valence-corrected chi connectivity index (χ1v) is 8.86. The molecule has 2 atom stereocenters. The van der Waals surface area contributed by atoms with Gasteiger partial charge in [0.25, 0.3) is 0 Å². The Kier molecular flexibility index (Phi) is 4.85. The Morgan fingerprint density at radius 2 is 1.85 bits per heavy atom. The minimum atomic E-state index is -0.851. The third kappa shape index (κ3) is 3.23. The normalized spacial score (nSPS) is 19.8. The Hall–Kier alpha value is -2.63. The molecule has 26 heavy (non-hydrogen) atoms. The second-order valence-electron chi connectivity index (χ2n) is 7.16. The van der Waals surface area contributed by atoms with Crippen LogP contribution in [0.15, 0.2) is 24.3 Å². The van der Waals surface area contributed by atoms with Crippen LogP contribution >= 0.6 is 0 Å².